The number of nitrogen functional groups attached to an aromatic ring is 1. The zero-order chi connectivity index (χ0) is 10.0. The van der Waals surface area contributed by atoms with Crippen molar-refractivity contribution in [3.05, 3.63) is 27.2 Å². The smallest absolute Gasteiger partial charge is 0.175 e. The number of hydrogen-bond acceptors (Lipinski definition) is 2. The largest absolute Gasteiger partial charge is 0.397 e. The van der Waals surface area contributed by atoms with Crippen molar-refractivity contribution in [2.75, 3.05) is 11.1 Å². The van der Waals surface area contributed by atoms with E-state index in [1.54, 1.807) is 12.1 Å². The zero-order valence-corrected chi connectivity index (χ0v) is 10.4. The fraction of sp³-hybridized carbons (Fsp3) is 0.125. The Hall–Kier alpha value is -0.0600. The number of rotatable bonds is 2. The van der Waals surface area contributed by atoms with Crippen LogP contribution in [0.1, 0.15) is 10.4 Å². The number of alkyl halides is 1. The summed E-state index contributed by atoms with van der Waals surface area (Å²) in [6, 6.07) is 3.25. The number of halogens is 3. The summed E-state index contributed by atoms with van der Waals surface area (Å²) in [4.78, 5) is 11.3. The van der Waals surface area contributed by atoms with Gasteiger partial charge >= 0.3 is 0 Å². The van der Waals surface area contributed by atoms with Crippen LogP contribution in [-0.4, -0.2) is 11.1 Å². The third-order valence-electron chi connectivity index (χ3n) is 1.55. The normalized spacial score (nSPS) is 10.1. The van der Waals surface area contributed by atoms with Crippen LogP contribution < -0.4 is 5.73 Å². The molecule has 1 aromatic rings. The van der Waals surface area contributed by atoms with E-state index >= 15 is 0 Å². The molecule has 2 nitrogen and oxygen atoms in total. The molecule has 0 unspecified atom stereocenters. The molecule has 2 N–H and O–H groups in total. The van der Waals surface area contributed by atoms with E-state index in [4.69, 9.17) is 17.3 Å². The van der Waals surface area contributed by atoms with E-state index in [-0.39, 0.29) is 11.1 Å². The molecule has 0 aliphatic heterocycles. The third kappa shape index (κ3) is 2.24. The maximum atomic E-state index is 11.3. The van der Waals surface area contributed by atoms with Crippen LogP contribution in [-0.2, 0) is 0 Å². The molecule has 0 saturated heterocycles. The molecule has 0 aliphatic carbocycles. The first kappa shape index (κ1) is 11.0. The van der Waals surface area contributed by atoms with Crippen LogP contribution in [0.3, 0.4) is 0 Å². The first-order valence-electron chi connectivity index (χ1n) is 3.40. The van der Waals surface area contributed by atoms with Crippen molar-refractivity contribution in [2.45, 2.75) is 0 Å². The Balaban J connectivity index is 3.26. The van der Waals surface area contributed by atoms with Crippen LogP contribution in [0.5, 0.6) is 0 Å². The van der Waals surface area contributed by atoms with E-state index in [2.05, 4.69) is 31.9 Å². The van der Waals surface area contributed by atoms with Crippen LogP contribution in [0.25, 0.3) is 0 Å². The molecule has 1 rings (SSSR count). The summed E-state index contributed by atoms with van der Waals surface area (Å²) in [7, 11) is 0. The number of Topliss-reactive ketones (excluding diaryl/α,β-unsaturated/α-hetero) is 1. The number of ketones is 1. The topological polar surface area (TPSA) is 43.1 Å². The third-order valence-corrected chi connectivity index (χ3v) is 3.46. The van der Waals surface area contributed by atoms with Crippen molar-refractivity contribution in [3.63, 3.8) is 0 Å². The molecule has 0 radical (unpaired) electrons. The van der Waals surface area contributed by atoms with Gasteiger partial charge in [-0.2, -0.15) is 0 Å². The molecule has 0 fully saturated rings. The minimum Gasteiger partial charge on any atom is -0.397 e. The molecule has 0 aromatic heterocycles. The van der Waals surface area contributed by atoms with Crippen LogP contribution >= 0.6 is 43.5 Å². The molecule has 13 heavy (non-hydrogen) atoms. The molecule has 1 aromatic carbocycles. The molecule has 0 bridgehead atoms. The van der Waals surface area contributed by atoms with Crippen molar-refractivity contribution in [1.29, 1.82) is 0 Å². The Bertz CT molecular complexity index is 354. The van der Waals surface area contributed by atoms with E-state index in [1.165, 1.54) is 0 Å². The van der Waals surface area contributed by atoms with Crippen molar-refractivity contribution in [3.8, 4) is 0 Å². The lowest BCUT2D eigenvalue weighted by molar-refractivity contribution is 0.102. The molecule has 0 aliphatic rings. The molecule has 0 amide bonds. The van der Waals surface area contributed by atoms with Crippen molar-refractivity contribution >= 4 is 54.9 Å². The highest BCUT2D eigenvalue weighted by Gasteiger charge is 2.12. The van der Waals surface area contributed by atoms with E-state index in [0.29, 0.717) is 20.7 Å². The molecule has 0 heterocycles. The Morgan fingerprint density at radius 2 is 2.15 bits per heavy atom. The summed E-state index contributed by atoms with van der Waals surface area (Å²) in [6.07, 6.45) is 0. The zero-order valence-electron chi connectivity index (χ0n) is 6.48. The second-order valence-electron chi connectivity index (χ2n) is 2.38. The quantitative estimate of drug-likeness (QED) is 0.515. The lowest BCUT2D eigenvalue weighted by atomic mass is 10.1. The van der Waals surface area contributed by atoms with Crippen LogP contribution in [0, 0.1) is 0 Å². The number of hydrogen-bond donors (Lipinski definition) is 1. The molecule has 5 heteroatoms. The molecule has 0 atom stereocenters. The predicted molar refractivity (Wildman–Crippen MR) is 61.7 cm³/mol. The van der Waals surface area contributed by atoms with E-state index in [0.717, 1.165) is 0 Å². The van der Waals surface area contributed by atoms with Gasteiger partial charge in [-0.05, 0) is 28.1 Å². The lowest BCUT2D eigenvalue weighted by Gasteiger charge is -2.05. The second-order valence-corrected chi connectivity index (χ2v) is 4.14. The number of benzene rings is 1. The van der Waals surface area contributed by atoms with Gasteiger partial charge in [0.25, 0.3) is 0 Å². The Morgan fingerprint density at radius 1 is 1.54 bits per heavy atom. The van der Waals surface area contributed by atoms with Crippen molar-refractivity contribution in [1.82, 2.24) is 0 Å². The Morgan fingerprint density at radius 3 is 2.69 bits per heavy atom. The fourth-order valence-electron chi connectivity index (χ4n) is 0.881. The highest BCUT2D eigenvalue weighted by Crippen LogP contribution is 2.31. The van der Waals surface area contributed by atoms with Crippen LogP contribution in [0.2, 0.25) is 5.02 Å². The van der Waals surface area contributed by atoms with Crippen molar-refractivity contribution in [2.24, 2.45) is 0 Å². The minimum absolute atomic E-state index is 0.0603. The second kappa shape index (κ2) is 4.44. The average molecular weight is 327 g/mol. The van der Waals surface area contributed by atoms with Crippen molar-refractivity contribution < 1.29 is 4.79 Å². The Labute approximate surface area is 97.7 Å². The van der Waals surface area contributed by atoms with Gasteiger partial charge < -0.3 is 5.73 Å². The number of carbonyl (C=O) groups is 1. The highest BCUT2D eigenvalue weighted by molar-refractivity contribution is 9.10. The van der Waals surface area contributed by atoms with E-state index in [1.807, 2.05) is 0 Å². The van der Waals surface area contributed by atoms with Gasteiger partial charge in [-0.15, -0.1) is 0 Å². The lowest BCUT2D eigenvalue weighted by Crippen LogP contribution is -2.05. The summed E-state index contributed by atoms with van der Waals surface area (Å²) in [5.74, 6) is -0.0603. The molecule has 0 spiro atoms. The van der Waals surface area contributed by atoms with Gasteiger partial charge in [0.05, 0.1) is 20.5 Å². The summed E-state index contributed by atoms with van der Waals surface area (Å²) < 4.78 is 0.570. The van der Waals surface area contributed by atoms with Gasteiger partial charge in [-0.25, -0.2) is 0 Å². The molecule has 0 saturated carbocycles. The van der Waals surface area contributed by atoms with Gasteiger partial charge in [0.1, 0.15) is 0 Å². The van der Waals surface area contributed by atoms with Crippen LogP contribution in [0.15, 0.2) is 16.6 Å². The fourth-order valence-corrected chi connectivity index (χ4v) is 1.69. The average Bonchev–Trinajstić information content (AvgIpc) is 2.13. The monoisotopic (exact) mass is 325 g/mol. The summed E-state index contributed by atoms with van der Waals surface area (Å²) >= 11 is 12.1. The van der Waals surface area contributed by atoms with Crippen LogP contribution in [0.4, 0.5) is 5.69 Å². The highest BCUT2D eigenvalue weighted by atomic mass is 79.9. The predicted octanol–water partition coefficient (Wildman–Crippen LogP) is 3.26. The standard InChI is InChI=1S/C8H6Br2ClNO/c9-3-6(13)4-1-2-5(11)7(10)8(4)12/h1-2H,3,12H2. The van der Waals surface area contributed by atoms with E-state index in [9.17, 15) is 4.79 Å². The summed E-state index contributed by atoms with van der Waals surface area (Å²) in [6.45, 7) is 0. The number of nitrogens with two attached hydrogens (primary N) is 1. The number of anilines is 1. The van der Waals surface area contributed by atoms with Gasteiger partial charge in [0.15, 0.2) is 5.78 Å². The molecule has 70 valence electrons. The maximum Gasteiger partial charge on any atom is 0.175 e. The van der Waals surface area contributed by atoms with Gasteiger partial charge in [-0.1, -0.05) is 27.5 Å². The number of carbonyl (C=O) groups excluding carboxylic acids is 1. The van der Waals surface area contributed by atoms with Gasteiger partial charge in [-0.3, -0.25) is 4.79 Å². The molecular weight excluding hydrogens is 321 g/mol. The Kier molecular flexibility index (Phi) is 3.76. The van der Waals surface area contributed by atoms with Gasteiger partial charge in [0.2, 0.25) is 0 Å². The summed E-state index contributed by atoms with van der Waals surface area (Å²) in [5.41, 5.74) is 6.55. The first-order chi connectivity index (χ1) is 6.07. The summed E-state index contributed by atoms with van der Waals surface area (Å²) in [5, 5.41) is 0.759. The van der Waals surface area contributed by atoms with E-state index < -0.39 is 0 Å². The molecular formula is C8H6Br2ClNO. The maximum absolute atomic E-state index is 11.3. The minimum atomic E-state index is -0.0603. The first-order valence-corrected chi connectivity index (χ1v) is 5.69. The SMILES string of the molecule is Nc1c(C(=O)CBr)ccc(Cl)c1Br. The van der Waals surface area contributed by atoms with Gasteiger partial charge in [0, 0.05) is 5.56 Å².